The van der Waals surface area contributed by atoms with Crippen LogP contribution in [-0.2, 0) is 6.42 Å². The van der Waals surface area contributed by atoms with Crippen molar-refractivity contribution in [3.05, 3.63) is 35.9 Å². The minimum absolute atomic E-state index is 0. The lowest BCUT2D eigenvalue weighted by Crippen LogP contribution is -2.41. The van der Waals surface area contributed by atoms with Gasteiger partial charge in [0.1, 0.15) is 0 Å². The van der Waals surface area contributed by atoms with Gasteiger partial charge in [0, 0.05) is 12.6 Å². The summed E-state index contributed by atoms with van der Waals surface area (Å²) in [5, 5.41) is 0. The Kier molecular flexibility index (Phi) is 9.47. The molecule has 1 aliphatic rings. The summed E-state index contributed by atoms with van der Waals surface area (Å²) in [6.45, 7) is 3.53. The van der Waals surface area contributed by atoms with Crippen molar-refractivity contribution in [2.45, 2.75) is 31.7 Å². The summed E-state index contributed by atoms with van der Waals surface area (Å²) < 4.78 is 0. The smallest absolute Gasteiger partial charge is 0.0208 e. The summed E-state index contributed by atoms with van der Waals surface area (Å²) in [7, 11) is 0. The van der Waals surface area contributed by atoms with Crippen LogP contribution in [0.5, 0.6) is 0 Å². The molecule has 0 saturated carbocycles. The summed E-state index contributed by atoms with van der Waals surface area (Å²) in [5.41, 5.74) is 7.55. The Balaban J connectivity index is 0.00000144. The van der Waals surface area contributed by atoms with E-state index in [1.54, 1.807) is 0 Å². The Labute approximate surface area is 123 Å². The third-order valence-corrected chi connectivity index (χ3v) is 3.28. The van der Waals surface area contributed by atoms with E-state index >= 15 is 0 Å². The van der Waals surface area contributed by atoms with Gasteiger partial charge in [-0.2, -0.15) is 0 Å². The molecule has 2 rings (SSSR count). The lowest BCUT2D eigenvalue weighted by Gasteiger charge is -2.29. The zero-order chi connectivity index (χ0) is 11.2. The molecular weight excluding hydrogens is 267 g/mol. The van der Waals surface area contributed by atoms with Crippen molar-refractivity contribution < 1.29 is 0 Å². The predicted molar refractivity (Wildman–Crippen MR) is 82.9 cm³/mol. The summed E-state index contributed by atoms with van der Waals surface area (Å²) in [4.78, 5) is 2.51. The second-order valence-corrected chi connectivity index (χ2v) is 4.81. The molecule has 0 amide bonds. The molecule has 0 radical (unpaired) electrons. The number of benzene rings is 1. The Morgan fingerprint density at radius 3 is 2.22 bits per heavy atom. The van der Waals surface area contributed by atoms with E-state index in [4.69, 9.17) is 5.73 Å². The van der Waals surface area contributed by atoms with Crippen LogP contribution in [0.3, 0.4) is 0 Å². The Morgan fingerprint density at radius 2 is 1.61 bits per heavy atom. The molecule has 18 heavy (non-hydrogen) atoms. The molecule has 1 aromatic carbocycles. The van der Waals surface area contributed by atoms with Crippen LogP contribution in [0.4, 0.5) is 0 Å². The summed E-state index contributed by atoms with van der Waals surface area (Å²) in [6.07, 6.45) is 5.08. The fraction of sp³-hybridized carbons (Fsp3) is 0.571. The Hall–Kier alpha value is -0.280. The molecule has 104 valence electrons. The number of piperidine rings is 1. The highest BCUT2D eigenvalue weighted by Crippen LogP contribution is 2.10. The first kappa shape index (κ1) is 17.7. The van der Waals surface area contributed by atoms with Crippen LogP contribution in [-0.4, -0.2) is 30.6 Å². The van der Waals surface area contributed by atoms with Crippen molar-refractivity contribution in [2.24, 2.45) is 5.73 Å². The van der Waals surface area contributed by atoms with Crippen molar-refractivity contribution >= 4 is 24.8 Å². The van der Waals surface area contributed by atoms with Gasteiger partial charge in [-0.1, -0.05) is 36.8 Å². The normalized spacial score (nSPS) is 17.4. The predicted octanol–water partition coefficient (Wildman–Crippen LogP) is 2.89. The molecule has 1 saturated heterocycles. The molecule has 0 spiro atoms. The van der Waals surface area contributed by atoms with E-state index in [0.29, 0.717) is 0 Å². The van der Waals surface area contributed by atoms with Crippen LogP contribution in [0, 0.1) is 0 Å². The van der Waals surface area contributed by atoms with E-state index in [0.717, 1.165) is 13.0 Å². The monoisotopic (exact) mass is 290 g/mol. The third-order valence-electron chi connectivity index (χ3n) is 3.28. The first-order valence-electron chi connectivity index (χ1n) is 6.36. The molecule has 0 aliphatic carbocycles. The molecule has 1 fully saturated rings. The van der Waals surface area contributed by atoms with Gasteiger partial charge in [-0.3, -0.25) is 0 Å². The molecule has 1 aromatic rings. The first-order valence-corrected chi connectivity index (χ1v) is 6.36. The molecular formula is C14H24Cl2N2. The van der Waals surface area contributed by atoms with Gasteiger partial charge in [0.2, 0.25) is 0 Å². The molecule has 4 heteroatoms. The number of halogens is 2. The van der Waals surface area contributed by atoms with Gasteiger partial charge in [0.05, 0.1) is 0 Å². The molecule has 1 atom stereocenters. The van der Waals surface area contributed by atoms with Crippen LogP contribution < -0.4 is 5.73 Å². The fourth-order valence-electron chi connectivity index (χ4n) is 2.46. The highest BCUT2D eigenvalue weighted by molar-refractivity contribution is 5.85. The quantitative estimate of drug-likeness (QED) is 0.924. The van der Waals surface area contributed by atoms with Crippen LogP contribution >= 0.6 is 24.8 Å². The van der Waals surface area contributed by atoms with E-state index in [-0.39, 0.29) is 30.9 Å². The number of hydrogen-bond acceptors (Lipinski definition) is 2. The number of nitrogens with two attached hydrogens (primary N) is 1. The van der Waals surface area contributed by atoms with Gasteiger partial charge in [-0.05, 0) is 37.9 Å². The molecule has 0 unspecified atom stereocenters. The zero-order valence-electron chi connectivity index (χ0n) is 10.8. The van der Waals surface area contributed by atoms with E-state index in [9.17, 15) is 0 Å². The van der Waals surface area contributed by atoms with Gasteiger partial charge in [0.25, 0.3) is 0 Å². The van der Waals surface area contributed by atoms with Crippen LogP contribution in [0.25, 0.3) is 0 Å². The van der Waals surface area contributed by atoms with Gasteiger partial charge in [0.15, 0.2) is 0 Å². The van der Waals surface area contributed by atoms with Crippen LogP contribution in [0.1, 0.15) is 24.8 Å². The van der Waals surface area contributed by atoms with Gasteiger partial charge < -0.3 is 10.6 Å². The standard InChI is InChI=1S/C14H22N2.2ClH/c15-14(11-13-7-3-1-4-8-13)12-16-9-5-2-6-10-16;;/h1,3-4,7-8,14H,2,5-6,9-12,15H2;2*1H/t14-;;/m1../s1. The topological polar surface area (TPSA) is 29.3 Å². The molecule has 2 nitrogen and oxygen atoms in total. The second-order valence-electron chi connectivity index (χ2n) is 4.81. The molecule has 1 aliphatic heterocycles. The van der Waals surface area contributed by atoms with E-state index in [1.807, 2.05) is 0 Å². The second kappa shape index (κ2) is 9.62. The lowest BCUT2D eigenvalue weighted by molar-refractivity contribution is 0.215. The summed E-state index contributed by atoms with van der Waals surface area (Å²) >= 11 is 0. The van der Waals surface area contributed by atoms with Crippen LogP contribution in [0.15, 0.2) is 30.3 Å². The number of hydrogen-bond donors (Lipinski definition) is 1. The van der Waals surface area contributed by atoms with E-state index < -0.39 is 0 Å². The highest BCUT2D eigenvalue weighted by Gasteiger charge is 2.13. The number of rotatable bonds is 4. The van der Waals surface area contributed by atoms with Gasteiger partial charge in [-0.15, -0.1) is 24.8 Å². The highest BCUT2D eigenvalue weighted by atomic mass is 35.5. The zero-order valence-corrected chi connectivity index (χ0v) is 12.4. The Morgan fingerprint density at radius 1 is 1.00 bits per heavy atom. The lowest BCUT2D eigenvalue weighted by atomic mass is 10.0. The number of likely N-dealkylation sites (tertiary alicyclic amines) is 1. The molecule has 0 bridgehead atoms. The molecule has 1 heterocycles. The molecule has 2 N–H and O–H groups in total. The minimum atomic E-state index is 0. The van der Waals surface area contributed by atoms with Crippen molar-refractivity contribution in [1.82, 2.24) is 4.90 Å². The van der Waals surface area contributed by atoms with Crippen molar-refractivity contribution in [3.63, 3.8) is 0 Å². The van der Waals surface area contributed by atoms with Gasteiger partial charge in [-0.25, -0.2) is 0 Å². The van der Waals surface area contributed by atoms with E-state index in [2.05, 4.69) is 35.2 Å². The maximum Gasteiger partial charge on any atom is 0.0208 e. The number of nitrogens with zero attached hydrogens (tertiary/aromatic N) is 1. The largest absolute Gasteiger partial charge is 0.326 e. The Bertz CT molecular complexity index is 300. The summed E-state index contributed by atoms with van der Waals surface area (Å²) in [5.74, 6) is 0. The van der Waals surface area contributed by atoms with Crippen molar-refractivity contribution in [3.8, 4) is 0 Å². The molecule has 0 aromatic heterocycles. The average Bonchev–Trinajstić information content (AvgIpc) is 2.31. The van der Waals surface area contributed by atoms with Crippen molar-refractivity contribution in [2.75, 3.05) is 19.6 Å². The minimum Gasteiger partial charge on any atom is -0.326 e. The SMILES string of the molecule is Cl.Cl.N[C@H](Cc1ccccc1)CN1CCCCC1. The maximum absolute atomic E-state index is 6.19. The summed E-state index contributed by atoms with van der Waals surface area (Å²) in [6, 6.07) is 10.8. The van der Waals surface area contributed by atoms with E-state index in [1.165, 1.54) is 37.9 Å². The van der Waals surface area contributed by atoms with Gasteiger partial charge >= 0.3 is 0 Å². The maximum atomic E-state index is 6.19. The third kappa shape index (κ3) is 6.05. The first-order chi connectivity index (χ1) is 7.84. The average molecular weight is 291 g/mol. The fourth-order valence-corrected chi connectivity index (χ4v) is 2.46. The van der Waals surface area contributed by atoms with Crippen molar-refractivity contribution in [1.29, 1.82) is 0 Å². The van der Waals surface area contributed by atoms with Crippen LogP contribution in [0.2, 0.25) is 0 Å².